The zero-order valence-corrected chi connectivity index (χ0v) is 7.13. The third kappa shape index (κ3) is 0.800. The molecular weight excluding hydrogens is 136 g/mol. The zero-order chi connectivity index (χ0) is 8.06. The van der Waals surface area contributed by atoms with Crippen LogP contribution in [0.25, 0.3) is 0 Å². The SMILES string of the molecule is CC(=O)[C@]1(C)C[C@H]2C=C[C@@H]1C2. The molecule has 60 valence electrons. The fourth-order valence-electron chi connectivity index (χ4n) is 2.50. The Balaban J connectivity index is 2.30. The van der Waals surface area contributed by atoms with Crippen LogP contribution in [-0.4, -0.2) is 5.78 Å². The van der Waals surface area contributed by atoms with E-state index in [9.17, 15) is 4.79 Å². The molecule has 0 N–H and O–H groups in total. The molecule has 11 heavy (non-hydrogen) atoms. The van der Waals surface area contributed by atoms with E-state index in [4.69, 9.17) is 0 Å². The van der Waals surface area contributed by atoms with Crippen molar-refractivity contribution in [2.75, 3.05) is 0 Å². The van der Waals surface area contributed by atoms with Gasteiger partial charge in [0.05, 0.1) is 0 Å². The highest BCUT2D eigenvalue weighted by Gasteiger charge is 2.47. The summed E-state index contributed by atoms with van der Waals surface area (Å²) in [5.41, 5.74) is -0.0145. The molecule has 3 atom stereocenters. The predicted octanol–water partition coefficient (Wildman–Crippen LogP) is 2.18. The van der Waals surface area contributed by atoms with Gasteiger partial charge in [0.1, 0.15) is 5.78 Å². The van der Waals surface area contributed by atoms with E-state index in [1.807, 2.05) is 0 Å². The second kappa shape index (κ2) is 1.96. The number of allylic oxidation sites excluding steroid dienone is 2. The smallest absolute Gasteiger partial charge is 0.136 e. The first kappa shape index (κ1) is 7.08. The summed E-state index contributed by atoms with van der Waals surface area (Å²) in [7, 11) is 0. The number of carbonyl (C=O) groups is 1. The third-order valence-electron chi connectivity index (χ3n) is 3.48. The van der Waals surface area contributed by atoms with Crippen molar-refractivity contribution in [3.63, 3.8) is 0 Å². The van der Waals surface area contributed by atoms with E-state index in [0.717, 1.165) is 6.42 Å². The lowest BCUT2D eigenvalue weighted by atomic mass is 9.75. The Morgan fingerprint density at radius 2 is 2.27 bits per heavy atom. The van der Waals surface area contributed by atoms with Gasteiger partial charge >= 0.3 is 0 Å². The minimum absolute atomic E-state index is 0.0145. The van der Waals surface area contributed by atoms with Crippen LogP contribution in [0.15, 0.2) is 12.2 Å². The van der Waals surface area contributed by atoms with Crippen molar-refractivity contribution in [1.29, 1.82) is 0 Å². The average molecular weight is 150 g/mol. The van der Waals surface area contributed by atoms with Gasteiger partial charge in [-0.15, -0.1) is 0 Å². The van der Waals surface area contributed by atoms with Gasteiger partial charge in [0.25, 0.3) is 0 Å². The van der Waals surface area contributed by atoms with Crippen LogP contribution in [-0.2, 0) is 4.79 Å². The summed E-state index contributed by atoms with van der Waals surface area (Å²) in [4.78, 5) is 11.3. The number of carbonyl (C=O) groups excluding carboxylic acids is 1. The summed E-state index contributed by atoms with van der Waals surface area (Å²) in [5.74, 6) is 1.62. The first-order valence-corrected chi connectivity index (χ1v) is 4.32. The Hall–Kier alpha value is -0.590. The van der Waals surface area contributed by atoms with Crippen molar-refractivity contribution in [3.8, 4) is 0 Å². The summed E-state index contributed by atoms with van der Waals surface area (Å²) < 4.78 is 0. The van der Waals surface area contributed by atoms with Crippen LogP contribution in [0.1, 0.15) is 26.7 Å². The molecular formula is C10H14O. The molecule has 0 heterocycles. The summed E-state index contributed by atoms with van der Waals surface area (Å²) in [6.07, 6.45) is 6.81. The van der Waals surface area contributed by atoms with Crippen molar-refractivity contribution in [1.82, 2.24) is 0 Å². The number of hydrogen-bond donors (Lipinski definition) is 0. The van der Waals surface area contributed by atoms with Gasteiger partial charge in [0.2, 0.25) is 0 Å². The average Bonchev–Trinajstić information content (AvgIpc) is 2.45. The Kier molecular flexibility index (Phi) is 1.26. The number of fused-ring (bicyclic) bond motifs is 2. The van der Waals surface area contributed by atoms with E-state index in [2.05, 4.69) is 19.1 Å². The second-order valence-corrected chi connectivity index (χ2v) is 4.16. The topological polar surface area (TPSA) is 17.1 Å². The maximum atomic E-state index is 11.3. The van der Waals surface area contributed by atoms with Crippen LogP contribution in [0.4, 0.5) is 0 Å². The second-order valence-electron chi connectivity index (χ2n) is 4.16. The Morgan fingerprint density at radius 3 is 2.55 bits per heavy atom. The number of Topliss-reactive ketones (excluding diaryl/α,β-unsaturated/α-hetero) is 1. The van der Waals surface area contributed by atoms with E-state index in [1.54, 1.807) is 6.92 Å². The minimum atomic E-state index is -0.0145. The molecule has 0 aromatic heterocycles. The highest BCUT2D eigenvalue weighted by molar-refractivity contribution is 5.83. The summed E-state index contributed by atoms with van der Waals surface area (Å²) in [5, 5.41) is 0. The van der Waals surface area contributed by atoms with Gasteiger partial charge < -0.3 is 0 Å². The van der Waals surface area contributed by atoms with Gasteiger partial charge in [0.15, 0.2) is 0 Å². The van der Waals surface area contributed by atoms with Crippen molar-refractivity contribution in [3.05, 3.63) is 12.2 Å². The first-order chi connectivity index (χ1) is 5.13. The molecule has 0 aromatic rings. The molecule has 2 aliphatic carbocycles. The Bertz CT molecular complexity index is 229. The van der Waals surface area contributed by atoms with Crippen LogP contribution >= 0.6 is 0 Å². The molecule has 0 saturated heterocycles. The van der Waals surface area contributed by atoms with Gasteiger partial charge in [-0.2, -0.15) is 0 Å². The highest BCUT2D eigenvalue weighted by atomic mass is 16.1. The van der Waals surface area contributed by atoms with Crippen LogP contribution in [0.3, 0.4) is 0 Å². The van der Waals surface area contributed by atoms with Crippen molar-refractivity contribution < 1.29 is 4.79 Å². The van der Waals surface area contributed by atoms with Gasteiger partial charge in [-0.3, -0.25) is 4.79 Å². The highest BCUT2D eigenvalue weighted by Crippen LogP contribution is 2.52. The maximum Gasteiger partial charge on any atom is 0.136 e. The van der Waals surface area contributed by atoms with E-state index in [0.29, 0.717) is 17.6 Å². The predicted molar refractivity (Wildman–Crippen MR) is 44.1 cm³/mol. The van der Waals surface area contributed by atoms with Crippen molar-refractivity contribution >= 4 is 5.78 Å². The largest absolute Gasteiger partial charge is 0.299 e. The molecule has 0 unspecified atom stereocenters. The van der Waals surface area contributed by atoms with E-state index in [-0.39, 0.29) is 5.41 Å². The summed E-state index contributed by atoms with van der Waals surface area (Å²) in [6.45, 7) is 3.85. The lowest BCUT2D eigenvalue weighted by Gasteiger charge is -2.27. The lowest BCUT2D eigenvalue weighted by molar-refractivity contribution is -0.126. The molecule has 0 aromatic carbocycles. The Morgan fingerprint density at radius 1 is 1.55 bits per heavy atom. The molecule has 2 rings (SSSR count). The fourth-order valence-corrected chi connectivity index (χ4v) is 2.50. The van der Waals surface area contributed by atoms with Gasteiger partial charge in [-0.25, -0.2) is 0 Å². The number of ketones is 1. The number of rotatable bonds is 1. The molecule has 1 heteroatoms. The number of hydrogen-bond acceptors (Lipinski definition) is 1. The molecule has 0 amide bonds. The normalized spacial score (nSPS) is 46.7. The van der Waals surface area contributed by atoms with Gasteiger partial charge in [-0.05, 0) is 31.6 Å². The molecule has 1 saturated carbocycles. The van der Waals surface area contributed by atoms with Crippen molar-refractivity contribution in [2.45, 2.75) is 26.7 Å². The maximum absolute atomic E-state index is 11.3. The fraction of sp³-hybridized carbons (Fsp3) is 0.700. The standard InChI is InChI=1S/C10H14O/c1-7(11)10(2)6-8-3-4-9(10)5-8/h3-4,8-9H,5-6H2,1-2H3/t8-,9+,10-/m0/s1. The van der Waals surface area contributed by atoms with Gasteiger partial charge in [0, 0.05) is 5.41 Å². The summed E-state index contributed by atoms with van der Waals surface area (Å²) in [6, 6.07) is 0. The lowest BCUT2D eigenvalue weighted by Crippen LogP contribution is -2.29. The van der Waals surface area contributed by atoms with E-state index < -0.39 is 0 Å². The molecule has 1 nitrogen and oxygen atoms in total. The van der Waals surface area contributed by atoms with Crippen LogP contribution in [0.2, 0.25) is 0 Å². The molecule has 0 spiro atoms. The molecule has 1 fully saturated rings. The molecule has 0 aliphatic heterocycles. The van der Waals surface area contributed by atoms with Crippen LogP contribution in [0, 0.1) is 17.3 Å². The van der Waals surface area contributed by atoms with E-state index >= 15 is 0 Å². The minimum Gasteiger partial charge on any atom is -0.299 e. The molecule has 2 aliphatic rings. The van der Waals surface area contributed by atoms with Gasteiger partial charge in [-0.1, -0.05) is 19.1 Å². The molecule has 2 bridgehead atoms. The van der Waals surface area contributed by atoms with Crippen LogP contribution < -0.4 is 0 Å². The first-order valence-electron chi connectivity index (χ1n) is 4.32. The summed E-state index contributed by atoms with van der Waals surface area (Å²) >= 11 is 0. The van der Waals surface area contributed by atoms with Crippen LogP contribution in [0.5, 0.6) is 0 Å². The molecule has 0 radical (unpaired) electrons. The van der Waals surface area contributed by atoms with Crippen molar-refractivity contribution in [2.24, 2.45) is 17.3 Å². The zero-order valence-electron chi connectivity index (χ0n) is 7.13. The Labute approximate surface area is 67.5 Å². The monoisotopic (exact) mass is 150 g/mol. The third-order valence-corrected chi connectivity index (χ3v) is 3.48. The quantitative estimate of drug-likeness (QED) is 0.523. The van der Waals surface area contributed by atoms with E-state index in [1.165, 1.54) is 6.42 Å².